The van der Waals surface area contributed by atoms with Crippen molar-refractivity contribution in [2.45, 2.75) is 25.3 Å². The molecule has 2 amide bonds. The zero-order chi connectivity index (χ0) is 27.1. The average Bonchev–Trinajstić information content (AvgIpc) is 3.17. The molecule has 194 valence electrons. The van der Waals surface area contributed by atoms with Crippen molar-refractivity contribution in [1.29, 1.82) is 0 Å². The summed E-state index contributed by atoms with van der Waals surface area (Å²) in [6.45, 7) is 0.188. The van der Waals surface area contributed by atoms with Gasteiger partial charge in [-0.2, -0.15) is 13.2 Å². The first kappa shape index (κ1) is 26.7. The predicted molar refractivity (Wildman–Crippen MR) is 129 cm³/mol. The molecule has 1 aliphatic heterocycles. The summed E-state index contributed by atoms with van der Waals surface area (Å²) in [7, 11) is 0. The molecule has 3 heterocycles. The summed E-state index contributed by atoms with van der Waals surface area (Å²) in [6.07, 6.45) is -3.89. The Morgan fingerprint density at radius 1 is 1.30 bits per heavy atom. The summed E-state index contributed by atoms with van der Waals surface area (Å²) in [5.41, 5.74) is -1.48. The van der Waals surface area contributed by atoms with Crippen LogP contribution >= 0.6 is 27.3 Å². The summed E-state index contributed by atoms with van der Waals surface area (Å²) in [5.74, 6) is 1.87. The molecule has 1 fully saturated rings. The minimum atomic E-state index is -5.06. The number of hydrogen-bond acceptors (Lipinski definition) is 5. The Morgan fingerprint density at radius 3 is 2.62 bits per heavy atom. The van der Waals surface area contributed by atoms with Gasteiger partial charge in [0.15, 0.2) is 0 Å². The van der Waals surface area contributed by atoms with Crippen LogP contribution in [-0.2, 0) is 16.1 Å². The Hall–Kier alpha value is -3.31. The Bertz CT molecular complexity index is 1530. The third-order valence-corrected chi connectivity index (χ3v) is 7.00. The molecule has 0 atom stereocenters. The fourth-order valence-corrected chi connectivity index (χ4v) is 5.08. The minimum absolute atomic E-state index is 0.0707. The average molecular weight is 603 g/mol. The number of benzene rings is 1. The van der Waals surface area contributed by atoms with Gasteiger partial charge in [0.1, 0.15) is 22.9 Å². The number of nitrogens with zero attached hydrogens (tertiary/aromatic N) is 3. The molecule has 1 saturated heterocycles. The molecule has 0 aliphatic carbocycles. The highest BCUT2D eigenvalue weighted by Gasteiger charge is 2.41. The van der Waals surface area contributed by atoms with Gasteiger partial charge in [0.2, 0.25) is 5.91 Å². The summed E-state index contributed by atoms with van der Waals surface area (Å²) < 4.78 is 66.0. The van der Waals surface area contributed by atoms with E-state index < -0.39 is 41.6 Å². The number of fused-ring (bicyclic) bond motifs is 1. The number of carbonyl (C=O) groups excluding carboxylic acids is 2. The van der Waals surface area contributed by atoms with Crippen molar-refractivity contribution in [2.24, 2.45) is 0 Å². The molecule has 0 spiro atoms. The van der Waals surface area contributed by atoms with E-state index in [1.165, 1.54) is 30.3 Å². The highest BCUT2D eigenvalue weighted by Crippen LogP contribution is 2.37. The second-order valence-corrected chi connectivity index (χ2v) is 10.3. The van der Waals surface area contributed by atoms with Gasteiger partial charge in [0.25, 0.3) is 5.56 Å². The molecule has 0 unspecified atom stereocenters. The zero-order valence-electron chi connectivity index (χ0n) is 18.9. The van der Waals surface area contributed by atoms with E-state index in [1.807, 2.05) is 0 Å². The van der Waals surface area contributed by atoms with Gasteiger partial charge in [-0.15, -0.1) is 11.3 Å². The van der Waals surface area contributed by atoms with Crippen LogP contribution in [0.1, 0.15) is 11.8 Å². The van der Waals surface area contributed by atoms with Gasteiger partial charge >= 0.3 is 12.1 Å². The van der Waals surface area contributed by atoms with E-state index in [-0.39, 0.29) is 44.8 Å². The second kappa shape index (κ2) is 9.86. The molecule has 37 heavy (non-hydrogen) atoms. The lowest BCUT2D eigenvalue weighted by Gasteiger charge is -2.42. The summed E-state index contributed by atoms with van der Waals surface area (Å²) in [6, 6.07) is 3.94. The Kier molecular flexibility index (Phi) is 7.13. The number of alkyl halides is 4. The smallest absolute Gasteiger partial charge is 0.337 e. The minimum Gasteiger partial charge on any atom is -0.337 e. The van der Waals surface area contributed by atoms with Crippen LogP contribution < -0.4 is 10.9 Å². The number of halogens is 6. The molecule has 1 aliphatic rings. The van der Waals surface area contributed by atoms with Crippen molar-refractivity contribution in [3.05, 3.63) is 50.0 Å². The quantitative estimate of drug-likeness (QED) is 0.365. The largest absolute Gasteiger partial charge is 0.471 e. The number of likely N-dealkylation sites (tertiary alicyclic amines) is 1. The van der Waals surface area contributed by atoms with Crippen LogP contribution in [0.5, 0.6) is 0 Å². The summed E-state index contributed by atoms with van der Waals surface area (Å²) >= 11 is 4.05. The summed E-state index contributed by atoms with van der Waals surface area (Å²) in [5, 5.41) is 1.70. The monoisotopic (exact) mass is 602 g/mol. The molecule has 1 N–H and O–H groups in total. The lowest BCUT2D eigenvalue weighted by atomic mass is 9.99. The standard InChI is InChI=1S/C23H16BrF5N4O3S/c1-22(26)9-33(10-22)16(34)8-32-11-31-19-18(20(32)35)17(12-4-5-14(25)13(24)7-12)15(37-19)3-2-6-30-21(36)23(27,28)29/h4-5,7,11H,6,8-10H2,1H3,(H,30,36). The van der Waals surface area contributed by atoms with E-state index in [9.17, 15) is 36.3 Å². The Labute approximate surface area is 218 Å². The van der Waals surface area contributed by atoms with E-state index in [4.69, 9.17) is 0 Å². The maximum Gasteiger partial charge on any atom is 0.471 e. The van der Waals surface area contributed by atoms with Gasteiger partial charge in [-0.3, -0.25) is 19.0 Å². The van der Waals surface area contributed by atoms with Crippen molar-refractivity contribution in [3.63, 3.8) is 0 Å². The third-order valence-electron chi connectivity index (χ3n) is 5.38. The van der Waals surface area contributed by atoms with Gasteiger partial charge in [-0.05, 0) is 40.5 Å². The molecule has 1 aromatic carbocycles. The van der Waals surface area contributed by atoms with Crippen molar-refractivity contribution in [1.82, 2.24) is 19.8 Å². The van der Waals surface area contributed by atoms with E-state index in [0.717, 1.165) is 22.0 Å². The van der Waals surface area contributed by atoms with Gasteiger partial charge in [-0.25, -0.2) is 13.8 Å². The van der Waals surface area contributed by atoms with Gasteiger partial charge < -0.3 is 10.2 Å². The van der Waals surface area contributed by atoms with Gasteiger partial charge in [-0.1, -0.05) is 17.9 Å². The second-order valence-electron chi connectivity index (χ2n) is 8.44. The number of amides is 2. The van der Waals surface area contributed by atoms with E-state index in [1.54, 1.807) is 5.32 Å². The number of nitrogens with one attached hydrogen (secondary N) is 1. The van der Waals surface area contributed by atoms with Crippen LogP contribution in [0.4, 0.5) is 22.0 Å². The number of thiophene rings is 1. The molecule has 0 bridgehead atoms. The fourth-order valence-electron chi connectivity index (χ4n) is 3.68. The molecule has 3 aromatic rings. The van der Waals surface area contributed by atoms with Crippen molar-refractivity contribution < 1.29 is 31.5 Å². The molecular weight excluding hydrogens is 587 g/mol. The lowest BCUT2D eigenvalue weighted by molar-refractivity contribution is -0.173. The highest BCUT2D eigenvalue weighted by molar-refractivity contribution is 9.10. The Morgan fingerprint density at radius 2 is 2.00 bits per heavy atom. The first-order chi connectivity index (χ1) is 17.3. The molecular formula is C23H16BrF5N4O3S. The zero-order valence-corrected chi connectivity index (χ0v) is 21.3. The van der Waals surface area contributed by atoms with Crippen molar-refractivity contribution >= 4 is 49.3 Å². The first-order valence-electron chi connectivity index (χ1n) is 10.5. The van der Waals surface area contributed by atoms with E-state index >= 15 is 0 Å². The van der Waals surface area contributed by atoms with Crippen LogP contribution in [0.25, 0.3) is 21.3 Å². The van der Waals surface area contributed by atoms with Gasteiger partial charge in [0, 0.05) is 5.56 Å². The van der Waals surface area contributed by atoms with Crippen LogP contribution in [0.15, 0.2) is 33.8 Å². The SMILES string of the molecule is CC1(F)CN(C(=O)Cn2cnc3sc(C#CCNC(=O)C(F)(F)F)c(-c4ccc(F)c(Br)c4)c3c2=O)C1. The third kappa shape index (κ3) is 5.67. The topological polar surface area (TPSA) is 84.3 Å². The molecule has 0 radical (unpaired) electrons. The van der Waals surface area contributed by atoms with Gasteiger partial charge in [0.05, 0.1) is 40.7 Å². The summed E-state index contributed by atoms with van der Waals surface area (Å²) in [4.78, 5) is 42.9. The normalized spacial score (nSPS) is 14.6. The van der Waals surface area contributed by atoms with Crippen LogP contribution in [0.3, 0.4) is 0 Å². The fraction of sp³-hybridized carbons (Fsp3) is 0.304. The predicted octanol–water partition coefficient (Wildman–Crippen LogP) is 3.63. The maximum absolute atomic E-state index is 13.9. The van der Waals surface area contributed by atoms with E-state index in [2.05, 4.69) is 32.8 Å². The highest BCUT2D eigenvalue weighted by atomic mass is 79.9. The van der Waals surface area contributed by atoms with Crippen LogP contribution in [0.2, 0.25) is 0 Å². The molecule has 7 nitrogen and oxygen atoms in total. The molecule has 0 saturated carbocycles. The maximum atomic E-state index is 13.9. The Balaban J connectivity index is 1.74. The van der Waals surface area contributed by atoms with E-state index in [0.29, 0.717) is 5.56 Å². The van der Waals surface area contributed by atoms with Crippen molar-refractivity contribution in [2.75, 3.05) is 19.6 Å². The number of rotatable bonds is 4. The molecule has 14 heteroatoms. The van der Waals surface area contributed by atoms with Crippen LogP contribution in [-0.4, -0.2) is 57.7 Å². The number of aromatic nitrogens is 2. The first-order valence-corrected chi connectivity index (χ1v) is 12.2. The molecule has 4 rings (SSSR count). The van der Waals surface area contributed by atoms with Crippen LogP contribution in [0, 0.1) is 17.7 Å². The number of carbonyl (C=O) groups is 2. The lowest BCUT2D eigenvalue weighted by Crippen LogP contribution is -2.60. The van der Waals surface area contributed by atoms with Crippen molar-refractivity contribution in [3.8, 4) is 23.0 Å². The molecule has 2 aromatic heterocycles. The number of hydrogen-bond donors (Lipinski definition) is 1.